The average molecular weight is 364 g/mol. The van der Waals surface area contributed by atoms with Gasteiger partial charge in [0.15, 0.2) is 11.5 Å². The number of hydrogen-bond acceptors (Lipinski definition) is 5. The number of nitrogen functional groups attached to an aromatic ring is 1. The summed E-state index contributed by atoms with van der Waals surface area (Å²) in [6.45, 7) is 0.869. The molecule has 3 rings (SSSR count). The smallest absolute Gasteiger partial charge is 0.165 e. The average Bonchev–Trinajstić information content (AvgIpc) is 2.88. The van der Waals surface area contributed by atoms with E-state index in [0.717, 1.165) is 28.8 Å². The fourth-order valence-electron chi connectivity index (χ4n) is 2.04. The van der Waals surface area contributed by atoms with Crippen LogP contribution >= 0.6 is 27.7 Å². The lowest BCUT2D eigenvalue weighted by atomic mass is 10.4. The first-order valence-corrected chi connectivity index (χ1v) is 8.31. The third kappa shape index (κ3) is 3.36. The van der Waals surface area contributed by atoms with Crippen LogP contribution in [0.4, 0.5) is 5.82 Å². The maximum atomic E-state index is 5.78. The van der Waals surface area contributed by atoms with Crippen molar-refractivity contribution in [3.8, 4) is 0 Å². The molecule has 0 saturated heterocycles. The van der Waals surface area contributed by atoms with Crippen molar-refractivity contribution in [1.29, 1.82) is 0 Å². The maximum absolute atomic E-state index is 5.78. The number of aromatic nitrogens is 4. The summed E-state index contributed by atoms with van der Waals surface area (Å²) in [7, 11) is 0. The number of nitrogens with two attached hydrogens (primary N) is 1. The van der Waals surface area contributed by atoms with E-state index < -0.39 is 0 Å². The van der Waals surface area contributed by atoms with E-state index in [0.29, 0.717) is 11.3 Å². The highest BCUT2D eigenvalue weighted by molar-refractivity contribution is 9.10. The molecule has 2 aromatic heterocycles. The zero-order valence-corrected chi connectivity index (χ0v) is 13.6. The van der Waals surface area contributed by atoms with Gasteiger partial charge in [0.1, 0.15) is 11.8 Å². The van der Waals surface area contributed by atoms with Crippen molar-refractivity contribution in [2.75, 3.05) is 11.5 Å². The quantitative estimate of drug-likeness (QED) is 0.555. The van der Waals surface area contributed by atoms with Gasteiger partial charge in [0.05, 0.1) is 6.33 Å². The Morgan fingerprint density at radius 2 is 2.14 bits per heavy atom. The fraction of sp³-hybridized carbons (Fsp3) is 0.214. The van der Waals surface area contributed by atoms with Crippen LogP contribution in [0.3, 0.4) is 0 Å². The third-order valence-corrected chi connectivity index (χ3v) is 4.61. The molecule has 0 unspecified atom stereocenters. The van der Waals surface area contributed by atoms with Crippen LogP contribution in [0, 0.1) is 0 Å². The number of thioether (sulfide) groups is 1. The topological polar surface area (TPSA) is 69.6 Å². The third-order valence-electron chi connectivity index (χ3n) is 3.04. The van der Waals surface area contributed by atoms with Gasteiger partial charge in [-0.1, -0.05) is 22.0 Å². The minimum absolute atomic E-state index is 0.433. The molecular formula is C14H14BrN5S. The van der Waals surface area contributed by atoms with E-state index in [2.05, 4.69) is 49.1 Å². The molecule has 0 aliphatic heterocycles. The zero-order chi connectivity index (χ0) is 14.7. The number of halogens is 1. The predicted molar refractivity (Wildman–Crippen MR) is 89.2 cm³/mol. The lowest BCUT2D eigenvalue weighted by Crippen LogP contribution is -2.00. The summed E-state index contributed by atoms with van der Waals surface area (Å²) in [6, 6.07) is 8.34. The minimum Gasteiger partial charge on any atom is -0.382 e. The van der Waals surface area contributed by atoms with E-state index in [-0.39, 0.29) is 0 Å². The van der Waals surface area contributed by atoms with E-state index in [1.165, 1.54) is 11.2 Å². The molecule has 0 radical (unpaired) electrons. The van der Waals surface area contributed by atoms with Crippen molar-refractivity contribution >= 4 is 44.7 Å². The van der Waals surface area contributed by atoms with Crippen LogP contribution < -0.4 is 5.73 Å². The van der Waals surface area contributed by atoms with E-state index >= 15 is 0 Å². The SMILES string of the molecule is Nc1ncnc2c1ncn2CCCSc1cccc(Br)c1. The molecule has 0 spiro atoms. The fourth-order valence-corrected chi connectivity index (χ4v) is 3.49. The summed E-state index contributed by atoms with van der Waals surface area (Å²) in [4.78, 5) is 13.7. The Hall–Kier alpha value is -1.60. The van der Waals surface area contributed by atoms with Gasteiger partial charge in [0.2, 0.25) is 0 Å². The first-order valence-electron chi connectivity index (χ1n) is 6.54. The van der Waals surface area contributed by atoms with E-state index in [9.17, 15) is 0 Å². The van der Waals surface area contributed by atoms with E-state index in [1.807, 2.05) is 22.4 Å². The molecule has 0 saturated carbocycles. The Balaban J connectivity index is 1.59. The molecule has 0 amide bonds. The van der Waals surface area contributed by atoms with Crippen molar-refractivity contribution in [3.05, 3.63) is 41.4 Å². The van der Waals surface area contributed by atoms with Gasteiger partial charge < -0.3 is 10.3 Å². The molecule has 108 valence electrons. The van der Waals surface area contributed by atoms with E-state index in [4.69, 9.17) is 5.73 Å². The molecule has 1 aromatic carbocycles. The van der Waals surface area contributed by atoms with Crippen molar-refractivity contribution in [3.63, 3.8) is 0 Å². The van der Waals surface area contributed by atoms with Crippen LogP contribution in [0.25, 0.3) is 11.2 Å². The molecule has 2 heterocycles. The summed E-state index contributed by atoms with van der Waals surface area (Å²) in [5.74, 6) is 1.47. The Bertz CT molecular complexity index is 758. The summed E-state index contributed by atoms with van der Waals surface area (Å²) in [6.07, 6.45) is 4.29. The van der Waals surface area contributed by atoms with Crippen molar-refractivity contribution in [2.24, 2.45) is 0 Å². The number of imidazole rings is 1. The molecule has 0 aliphatic carbocycles. The number of benzene rings is 1. The van der Waals surface area contributed by atoms with Crippen LogP contribution in [0.2, 0.25) is 0 Å². The Morgan fingerprint density at radius 3 is 3.00 bits per heavy atom. The number of fused-ring (bicyclic) bond motifs is 1. The van der Waals surface area contributed by atoms with Gasteiger partial charge in [0.25, 0.3) is 0 Å². The molecule has 0 atom stereocenters. The second-order valence-corrected chi connectivity index (χ2v) is 6.61. The highest BCUT2D eigenvalue weighted by Crippen LogP contribution is 2.23. The summed E-state index contributed by atoms with van der Waals surface area (Å²) < 4.78 is 3.13. The second kappa shape index (κ2) is 6.44. The van der Waals surface area contributed by atoms with Gasteiger partial charge in [-0.25, -0.2) is 15.0 Å². The molecule has 7 heteroatoms. The minimum atomic E-state index is 0.433. The molecule has 0 aliphatic rings. The summed E-state index contributed by atoms with van der Waals surface area (Å²) in [5, 5.41) is 0. The largest absolute Gasteiger partial charge is 0.382 e. The van der Waals surface area contributed by atoms with Crippen molar-refractivity contribution in [2.45, 2.75) is 17.9 Å². The molecule has 5 nitrogen and oxygen atoms in total. The highest BCUT2D eigenvalue weighted by Gasteiger charge is 2.07. The number of aryl methyl sites for hydroxylation is 1. The van der Waals surface area contributed by atoms with Gasteiger partial charge in [-0.15, -0.1) is 11.8 Å². The first-order chi connectivity index (χ1) is 10.2. The standard InChI is InChI=1S/C14H14BrN5S/c15-10-3-1-4-11(7-10)21-6-2-5-20-9-19-12-13(16)17-8-18-14(12)20/h1,3-4,7-9H,2,5-6H2,(H2,16,17,18). The molecular weight excluding hydrogens is 350 g/mol. The second-order valence-electron chi connectivity index (χ2n) is 4.53. The monoisotopic (exact) mass is 363 g/mol. The lowest BCUT2D eigenvalue weighted by Gasteiger charge is -2.04. The highest BCUT2D eigenvalue weighted by atomic mass is 79.9. The Kier molecular flexibility index (Phi) is 4.40. The first kappa shape index (κ1) is 14.3. The molecule has 2 N–H and O–H groups in total. The van der Waals surface area contributed by atoms with Gasteiger partial charge in [-0.05, 0) is 30.4 Å². The van der Waals surface area contributed by atoms with Crippen LogP contribution in [0.5, 0.6) is 0 Å². The molecule has 0 bridgehead atoms. The molecule has 0 fully saturated rings. The van der Waals surface area contributed by atoms with Crippen LogP contribution in [0.1, 0.15) is 6.42 Å². The van der Waals surface area contributed by atoms with Crippen LogP contribution in [-0.4, -0.2) is 25.3 Å². The van der Waals surface area contributed by atoms with Gasteiger partial charge in [-0.3, -0.25) is 0 Å². The van der Waals surface area contributed by atoms with Crippen molar-refractivity contribution < 1.29 is 0 Å². The van der Waals surface area contributed by atoms with E-state index in [1.54, 1.807) is 6.33 Å². The molecule has 21 heavy (non-hydrogen) atoms. The Labute approximate surface area is 135 Å². The predicted octanol–water partition coefficient (Wildman–Crippen LogP) is 3.35. The Morgan fingerprint density at radius 1 is 1.24 bits per heavy atom. The number of anilines is 1. The van der Waals surface area contributed by atoms with Gasteiger partial charge in [-0.2, -0.15) is 0 Å². The van der Waals surface area contributed by atoms with Gasteiger partial charge in [0, 0.05) is 15.9 Å². The number of hydrogen-bond donors (Lipinski definition) is 1. The normalized spacial score (nSPS) is 11.1. The number of rotatable bonds is 5. The number of nitrogens with zero attached hydrogens (tertiary/aromatic N) is 4. The lowest BCUT2D eigenvalue weighted by molar-refractivity contribution is 0.696. The zero-order valence-electron chi connectivity index (χ0n) is 11.2. The summed E-state index contributed by atoms with van der Waals surface area (Å²) in [5.41, 5.74) is 7.26. The van der Waals surface area contributed by atoms with Crippen molar-refractivity contribution in [1.82, 2.24) is 19.5 Å². The van der Waals surface area contributed by atoms with Gasteiger partial charge >= 0.3 is 0 Å². The summed E-state index contributed by atoms with van der Waals surface area (Å²) >= 11 is 5.33. The van der Waals surface area contributed by atoms with Crippen LogP contribution in [0.15, 0.2) is 46.3 Å². The van der Waals surface area contributed by atoms with Crippen LogP contribution in [-0.2, 0) is 6.54 Å². The molecule has 3 aromatic rings. The maximum Gasteiger partial charge on any atom is 0.165 e.